The number of nitrogens with zero attached hydrogens (tertiary/aromatic N) is 1. The van der Waals surface area contributed by atoms with Gasteiger partial charge in [-0.15, -0.1) is 11.3 Å². The van der Waals surface area contributed by atoms with Gasteiger partial charge in [0.2, 0.25) is 0 Å². The zero-order valence-electron chi connectivity index (χ0n) is 13.2. The number of rotatable bonds is 5. The number of benzene rings is 2. The maximum Gasteiger partial charge on any atom is 0.348 e. The first-order chi connectivity index (χ1) is 12.0. The van der Waals surface area contributed by atoms with Crippen LogP contribution in [-0.2, 0) is 0 Å². The van der Waals surface area contributed by atoms with Crippen molar-refractivity contribution in [1.29, 1.82) is 0 Å². The van der Waals surface area contributed by atoms with Gasteiger partial charge in [-0.25, -0.2) is 4.79 Å². The fourth-order valence-electron chi connectivity index (χ4n) is 2.50. The predicted octanol–water partition coefficient (Wildman–Crippen LogP) is 4.73. The molecule has 0 saturated heterocycles. The zero-order valence-corrected chi connectivity index (χ0v) is 14.0. The Morgan fingerprint density at radius 2 is 1.76 bits per heavy atom. The third-order valence-electron chi connectivity index (χ3n) is 3.76. The van der Waals surface area contributed by atoms with Gasteiger partial charge in [-0.1, -0.05) is 36.4 Å². The van der Waals surface area contributed by atoms with E-state index in [9.17, 15) is 20.0 Å². The highest BCUT2D eigenvalue weighted by Crippen LogP contribution is 2.35. The van der Waals surface area contributed by atoms with E-state index in [0.717, 1.165) is 21.6 Å². The summed E-state index contributed by atoms with van der Waals surface area (Å²) < 4.78 is 0. The van der Waals surface area contributed by atoms with Crippen LogP contribution in [0.15, 0.2) is 54.6 Å². The molecule has 3 rings (SSSR count). The molecule has 0 aliphatic rings. The Morgan fingerprint density at radius 3 is 2.32 bits per heavy atom. The Balaban J connectivity index is 1.94. The summed E-state index contributed by atoms with van der Waals surface area (Å²) in [5.41, 5.74) is 3.13. The lowest BCUT2D eigenvalue weighted by Gasteiger charge is -2.03. The van der Waals surface area contributed by atoms with Crippen molar-refractivity contribution >= 4 is 28.7 Å². The minimum Gasteiger partial charge on any atom is -0.477 e. The van der Waals surface area contributed by atoms with E-state index in [-0.39, 0.29) is 10.6 Å². The quantitative estimate of drug-likeness (QED) is 0.510. The molecule has 0 spiro atoms. The van der Waals surface area contributed by atoms with Gasteiger partial charge in [0.25, 0.3) is 5.69 Å². The number of nitrogens with one attached hydrogen (secondary N) is 1. The van der Waals surface area contributed by atoms with Crippen LogP contribution >= 0.6 is 11.3 Å². The molecule has 6 nitrogen and oxygen atoms in total. The van der Waals surface area contributed by atoms with Crippen LogP contribution in [0.5, 0.6) is 0 Å². The molecular weight excluding hydrogens is 340 g/mol. The van der Waals surface area contributed by atoms with Gasteiger partial charge in [0, 0.05) is 24.1 Å². The van der Waals surface area contributed by atoms with E-state index in [1.54, 1.807) is 19.2 Å². The largest absolute Gasteiger partial charge is 0.477 e. The van der Waals surface area contributed by atoms with E-state index < -0.39 is 10.9 Å². The lowest BCUT2D eigenvalue weighted by molar-refractivity contribution is -0.384. The first-order valence-electron chi connectivity index (χ1n) is 7.39. The van der Waals surface area contributed by atoms with Crippen molar-refractivity contribution in [2.24, 2.45) is 0 Å². The number of carboxylic acid groups (broad SMARTS) is 1. The Kier molecular flexibility index (Phi) is 4.49. The molecule has 0 bridgehead atoms. The van der Waals surface area contributed by atoms with E-state index in [0.29, 0.717) is 5.69 Å². The van der Waals surface area contributed by atoms with Crippen LogP contribution in [0.4, 0.5) is 11.4 Å². The van der Waals surface area contributed by atoms with Gasteiger partial charge in [0.1, 0.15) is 4.88 Å². The lowest BCUT2D eigenvalue weighted by Crippen LogP contribution is -1.97. The van der Waals surface area contributed by atoms with Gasteiger partial charge >= 0.3 is 5.97 Å². The number of non-ortho nitro benzene ring substituents is 1. The number of anilines is 1. The molecule has 0 aliphatic carbocycles. The first-order valence-corrected chi connectivity index (χ1v) is 8.21. The highest BCUT2D eigenvalue weighted by molar-refractivity contribution is 7.18. The molecule has 126 valence electrons. The number of aromatic carboxylic acids is 1. The Hall–Kier alpha value is -3.19. The molecule has 2 N–H and O–H groups in total. The van der Waals surface area contributed by atoms with Crippen LogP contribution in [0.25, 0.3) is 21.6 Å². The van der Waals surface area contributed by atoms with Gasteiger partial charge in [-0.05, 0) is 22.8 Å². The molecule has 0 unspecified atom stereocenters. The third kappa shape index (κ3) is 3.36. The molecule has 1 aromatic heterocycles. The van der Waals surface area contributed by atoms with Crippen molar-refractivity contribution in [2.45, 2.75) is 0 Å². The van der Waals surface area contributed by atoms with Crippen molar-refractivity contribution < 1.29 is 14.8 Å². The van der Waals surface area contributed by atoms with E-state index in [4.69, 9.17) is 0 Å². The second-order valence-electron chi connectivity index (χ2n) is 5.29. The lowest BCUT2D eigenvalue weighted by atomic mass is 10.0. The van der Waals surface area contributed by atoms with E-state index in [1.165, 1.54) is 23.5 Å². The molecule has 7 heteroatoms. The highest BCUT2D eigenvalue weighted by atomic mass is 32.1. The fraction of sp³-hybridized carbons (Fsp3) is 0.0556. The maximum absolute atomic E-state index is 11.3. The summed E-state index contributed by atoms with van der Waals surface area (Å²) in [4.78, 5) is 22.8. The molecular formula is C18H14N2O4S. The summed E-state index contributed by atoms with van der Waals surface area (Å²) in [6, 6.07) is 15.7. The summed E-state index contributed by atoms with van der Waals surface area (Å²) >= 11 is 1.20. The smallest absolute Gasteiger partial charge is 0.348 e. The van der Waals surface area contributed by atoms with Gasteiger partial charge < -0.3 is 10.4 Å². The topological polar surface area (TPSA) is 92.5 Å². The van der Waals surface area contributed by atoms with Crippen LogP contribution in [-0.4, -0.2) is 23.0 Å². The number of carbonyl (C=O) groups is 1. The van der Waals surface area contributed by atoms with Crippen LogP contribution in [0, 0.1) is 10.1 Å². The van der Waals surface area contributed by atoms with Crippen LogP contribution < -0.4 is 5.32 Å². The second kappa shape index (κ2) is 6.74. The normalized spacial score (nSPS) is 10.4. The van der Waals surface area contributed by atoms with Gasteiger partial charge in [0.05, 0.1) is 10.6 Å². The zero-order chi connectivity index (χ0) is 18.0. The molecule has 0 radical (unpaired) electrons. The van der Waals surface area contributed by atoms with Crippen molar-refractivity contribution in [3.05, 3.63) is 69.6 Å². The average Bonchev–Trinajstić information content (AvgIpc) is 3.07. The Morgan fingerprint density at radius 1 is 1.08 bits per heavy atom. The van der Waals surface area contributed by atoms with Crippen molar-refractivity contribution in [3.8, 4) is 21.6 Å². The summed E-state index contributed by atoms with van der Waals surface area (Å²) in [7, 11) is 1.68. The average molecular weight is 354 g/mol. The standard InChI is InChI=1S/C18H14N2O4S/c1-19-15-10-16(25-17(15)18(21)22)12-7-5-11(6-8-12)13-3-2-4-14(9-13)20(23)24/h2-10,19H,1H3,(H,21,22). The number of hydrogen-bond acceptors (Lipinski definition) is 5. The van der Waals surface area contributed by atoms with Crippen LogP contribution in [0.1, 0.15) is 9.67 Å². The molecule has 2 aromatic carbocycles. The molecule has 0 saturated carbocycles. The highest BCUT2D eigenvalue weighted by Gasteiger charge is 2.15. The minimum absolute atomic E-state index is 0.0459. The van der Waals surface area contributed by atoms with Crippen molar-refractivity contribution in [3.63, 3.8) is 0 Å². The molecule has 0 amide bonds. The summed E-state index contributed by atoms with van der Waals surface area (Å²) in [6.07, 6.45) is 0. The summed E-state index contributed by atoms with van der Waals surface area (Å²) in [5.74, 6) is -0.964. The van der Waals surface area contributed by atoms with E-state index in [1.807, 2.05) is 30.3 Å². The van der Waals surface area contributed by atoms with Crippen molar-refractivity contribution in [1.82, 2.24) is 0 Å². The second-order valence-corrected chi connectivity index (χ2v) is 6.35. The molecule has 0 fully saturated rings. The van der Waals surface area contributed by atoms with Crippen LogP contribution in [0.2, 0.25) is 0 Å². The van der Waals surface area contributed by atoms with Gasteiger partial charge in [-0.2, -0.15) is 0 Å². The monoisotopic (exact) mass is 354 g/mol. The number of hydrogen-bond donors (Lipinski definition) is 2. The summed E-state index contributed by atoms with van der Waals surface area (Å²) in [6.45, 7) is 0. The fourth-order valence-corrected chi connectivity index (χ4v) is 3.51. The van der Waals surface area contributed by atoms with E-state index in [2.05, 4.69) is 5.32 Å². The first kappa shape index (κ1) is 16.7. The predicted molar refractivity (Wildman–Crippen MR) is 98.4 cm³/mol. The minimum atomic E-state index is -0.964. The molecule has 3 aromatic rings. The SMILES string of the molecule is CNc1cc(-c2ccc(-c3cccc([N+](=O)[O-])c3)cc2)sc1C(=O)O. The van der Waals surface area contributed by atoms with Crippen LogP contribution in [0.3, 0.4) is 0 Å². The number of carboxylic acids is 1. The molecule has 25 heavy (non-hydrogen) atoms. The number of thiophene rings is 1. The Bertz CT molecular complexity index is 948. The van der Waals surface area contributed by atoms with E-state index >= 15 is 0 Å². The molecule has 1 heterocycles. The number of nitro groups is 1. The third-order valence-corrected chi connectivity index (χ3v) is 4.93. The molecule has 0 aliphatic heterocycles. The molecule has 0 atom stereocenters. The maximum atomic E-state index is 11.3. The van der Waals surface area contributed by atoms with Gasteiger partial charge in [-0.3, -0.25) is 10.1 Å². The summed E-state index contributed by atoms with van der Waals surface area (Å²) in [5, 5.41) is 23.0. The van der Waals surface area contributed by atoms with Gasteiger partial charge in [0.15, 0.2) is 0 Å². The Labute approximate surface area is 147 Å². The number of nitro benzene ring substituents is 1. The van der Waals surface area contributed by atoms with Crippen molar-refractivity contribution in [2.75, 3.05) is 12.4 Å².